The van der Waals surface area contributed by atoms with E-state index >= 15 is 0 Å². The molecule has 3 aromatic carbocycles. The van der Waals surface area contributed by atoms with Crippen LogP contribution in [0.5, 0.6) is 5.75 Å². The van der Waals surface area contributed by atoms with Crippen molar-refractivity contribution in [2.75, 3.05) is 5.73 Å². The Bertz CT molecular complexity index is 2010. The van der Waals surface area contributed by atoms with Gasteiger partial charge in [0.15, 0.2) is 0 Å². The molecule has 10 heteroatoms. The highest BCUT2D eigenvalue weighted by molar-refractivity contribution is 9.10. The van der Waals surface area contributed by atoms with E-state index in [-0.39, 0.29) is 24.4 Å². The van der Waals surface area contributed by atoms with Gasteiger partial charge in [-0.25, -0.2) is 15.0 Å². The zero-order valence-electron chi connectivity index (χ0n) is 20.4. The Kier molecular flexibility index (Phi) is 6.05. The summed E-state index contributed by atoms with van der Waals surface area (Å²) < 4.78 is 4.15. The molecule has 6 aromatic rings. The highest BCUT2D eigenvalue weighted by atomic mass is 79.9. The highest BCUT2D eigenvalue weighted by Crippen LogP contribution is 2.34. The second-order valence-corrected chi connectivity index (χ2v) is 9.90. The molecule has 6 rings (SSSR count). The first-order valence-electron chi connectivity index (χ1n) is 12.0. The molecule has 190 valence electrons. The average molecular weight is 578 g/mol. The molecule has 0 amide bonds. The van der Waals surface area contributed by atoms with Crippen molar-refractivity contribution in [2.24, 2.45) is 0 Å². The Morgan fingerprint density at radius 1 is 1.00 bits per heavy atom. The standard InChI is InChI=1S/C29H20BrN7O2/c30-22-8-3-9-23-26(22)29(39)37(13-18-5-1-4-17(10-18)12-31)24(35-23)15-36-14-21(19-6-2-7-20(38)11-19)25-27(32)33-16-34-28(25)36/h1-11,14,16,38H,13,15H2,(H2,32,33,34). The monoisotopic (exact) mass is 577 g/mol. The van der Waals surface area contributed by atoms with Gasteiger partial charge < -0.3 is 15.4 Å². The van der Waals surface area contributed by atoms with Crippen molar-refractivity contribution in [2.45, 2.75) is 13.1 Å². The Labute approximate surface area is 230 Å². The maximum Gasteiger partial charge on any atom is 0.262 e. The maximum atomic E-state index is 13.8. The van der Waals surface area contributed by atoms with Crippen LogP contribution in [0, 0.1) is 11.3 Å². The van der Waals surface area contributed by atoms with Crippen molar-refractivity contribution in [1.29, 1.82) is 5.26 Å². The molecular weight excluding hydrogens is 558 g/mol. The van der Waals surface area contributed by atoms with E-state index in [4.69, 9.17) is 10.7 Å². The van der Waals surface area contributed by atoms with Crippen molar-refractivity contribution in [3.63, 3.8) is 0 Å². The Balaban J connectivity index is 1.56. The number of aromatic nitrogens is 5. The fourth-order valence-electron chi connectivity index (χ4n) is 4.79. The topological polar surface area (TPSA) is 136 Å². The summed E-state index contributed by atoms with van der Waals surface area (Å²) in [4.78, 5) is 27.4. The van der Waals surface area contributed by atoms with Crippen LogP contribution in [-0.2, 0) is 13.1 Å². The number of aromatic hydroxyl groups is 1. The van der Waals surface area contributed by atoms with Crippen LogP contribution < -0.4 is 11.3 Å². The summed E-state index contributed by atoms with van der Waals surface area (Å²) in [5.74, 6) is 0.932. The minimum absolute atomic E-state index is 0.124. The van der Waals surface area contributed by atoms with Gasteiger partial charge in [0.1, 0.15) is 29.4 Å². The number of fused-ring (bicyclic) bond motifs is 2. The summed E-state index contributed by atoms with van der Waals surface area (Å²) in [6.45, 7) is 0.436. The summed E-state index contributed by atoms with van der Waals surface area (Å²) in [7, 11) is 0. The molecule has 0 atom stereocenters. The number of halogens is 1. The third-order valence-electron chi connectivity index (χ3n) is 6.56. The number of nitriles is 1. The van der Waals surface area contributed by atoms with Gasteiger partial charge >= 0.3 is 0 Å². The number of nitrogens with zero attached hydrogens (tertiary/aromatic N) is 6. The molecule has 0 bridgehead atoms. The van der Waals surface area contributed by atoms with Gasteiger partial charge in [0.25, 0.3) is 5.56 Å². The molecule has 0 unspecified atom stereocenters. The fraction of sp³-hybridized carbons (Fsp3) is 0.0690. The molecule has 0 aliphatic rings. The molecule has 0 fully saturated rings. The number of rotatable bonds is 5. The smallest absolute Gasteiger partial charge is 0.262 e. The van der Waals surface area contributed by atoms with Gasteiger partial charge in [-0.05, 0) is 63.5 Å². The van der Waals surface area contributed by atoms with Crippen molar-refractivity contribution >= 4 is 43.7 Å². The number of hydrogen-bond donors (Lipinski definition) is 2. The van der Waals surface area contributed by atoms with E-state index < -0.39 is 0 Å². The molecule has 0 spiro atoms. The lowest BCUT2D eigenvalue weighted by molar-refractivity contribution is 0.475. The van der Waals surface area contributed by atoms with Crippen molar-refractivity contribution in [3.05, 3.63) is 111 Å². The first-order valence-corrected chi connectivity index (χ1v) is 12.8. The number of nitrogens with two attached hydrogens (primary N) is 1. The van der Waals surface area contributed by atoms with E-state index in [2.05, 4.69) is 32.0 Å². The van der Waals surface area contributed by atoms with Crippen LogP contribution in [0.15, 0.2) is 88.5 Å². The molecule has 0 aliphatic carbocycles. The maximum absolute atomic E-state index is 13.8. The second-order valence-electron chi connectivity index (χ2n) is 9.04. The van der Waals surface area contributed by atoms with E-state index in [0.717, 1.165) is 16.7 Å². The summed E-state index contributed by atoms with van der Waals surface area (Å²) in [5.41, 5.74) is 10.0. The normalized spacial score (nSPS) is 11.2. The number of anilines is 1. The van der Waals surface area contributed by atoms with Crippen LogP contribution in [0.2, 0.25) is 0 Å². The average Bonchev–Trinajstić information content (AvgIpc) is 3.30. The molecule has 3 heterocycles. The van der Waals surface area contributed by atoms with Crippen molar-refractivity contribution in [3.8, 4) is 22.9 Å². The lowest BCUT2D eigenvalue weighted by Crippen LogP contribution is -2.27. The van der Waals surface area contributed by atoms with Gasteiger partial charge in [-0.2, -0.15) is 5.26 Å². The van der Waals surface area contributed by atoms with Crippen molar-refractivity contribution in [1.82, 2.24) is 24.1 Å². The van der Waals surface area contributed by atoms with Crippen LogP contribution in [-0.4, -0.2) is 29.2 Å². The third kappa shape index (κ3) is 4.39. The van der Waals surface area contributed by atoms with E-state index in [9.17, 15) is 15.2 Å². The third-order valence-corrected chi connectivity index (χ3v) is 7.22. The van der Waals surface area contributed by atoms with E-state index in [1.807, 2.05) is 35.0 Å². The predicted octanol–water partition coefficient (Wildman–Crippen LogP) is 4.83. The van der Waals surface area contributed by atoms with Gasteiger partial charge in [0.05, 0.1) is 41.0 Å². The molecule has 3 N–H and O–H groups in total. The lowest BCUT2D eigenvalue weighted by atomic mass is 10.1. The Morgan fingerprint density at radius 3 is 2.64 bits per heavy atom. The zero-order chi connectivity index (χ0) is 27.1. The van der Waals surface area contributed by atoms with Gasteiger partial charge in [0, 0.05) is 16.2 Å². The summed E-state index contributed by atoms with van der Waals surface area (Å²) in [6.07, 6.45) is 3.27. The minimum Gasteiger partial charge on any atom is -0.508 e. The van der Waals surface area contributed by atoms with E-state index in [0.29, 0.717) is 43.6 Å². The zero-order valence-corrected chi connectivity index (χ0v) is 22.0. The number of nitrogen functional groups attached to an aromatic ring is 1. The largest absolute Gasteiger partial charge is 0.508 e. The SMILES string of the molecule is N#Cc1cccc(Cn2c(Cn3cc(-c4cccc(O)c4)c4c(N)ncnc43)nc3cccc(Br)c3c2=O)c1. The number of benzene rings is 3. The summed E-state index contributed by atoms with van der Waals surface area (Å²) >= 11 is 3.50. The molecule has 9 nitrogen and oxygen atoms in total. The van der Waals surface area contributed by atoms with Crippen molar-refractivity contribution < 1.29 is 5.11 Å². The lowest BCUT2D eigenvalue weighted by Gasteiger charge is -2.15. The quantitative estimate of drug-likeness (QED) is 0.299. The fourth-order valence-corrected chi connectivity index (χ4v) is 5.31. The van der Waals surface area contributed by atoms with Crippen LogP contribution in [0.3, 0.4) is 0 Å². The van der Waals surface area contributed by atoms with Gasteiger partial charge in [-0.3, -0.25) is 9.36 Å². The number of phenols is 1. The first kappa shape index (κ1) is 24.3. The van der Waals surface area contributed by atoms with Gasteiger partial charge in [-0.15, -0.1) is 0 Å². The summed E-state index contributed by atoms with van der Waals surface area (Å²) in [5, 5.41) is 20.6. The molecule has 39 heavy (non-hydrogen) atoms. The van der Waals surface area contributed by atoms with Crippen LogP contribution in [0.1, 0.15) is 17.0 Å². The van der Waals surface area contributed by atoms with Gasteiger partial charge in [-0.1, -0.05) is 30.3 Å². The number of hydrogen-bond acceptors (Lipinski definition) is 7. The molecule has 0 saturated carbocycles. The first-order chi connectivity index (χ1) is 18.9. The second kappa shape index (κ2) is 9.70. The van der Waals surface area contributed by atoms with Crippen LogP contribution >= 0.6 is 15.9 Å². The molecule has 3 aromatic heterocycles. The van der Waals surface area contributed by atoms with Crippen LogP contribution in [0.25, 0.3) is 33.1 Å². The predicted molar refractivity (Wildman–Crippen MR) is 152 cm³/mol. The van der Waals surface area contributed by atoms with E-state index in [1.54, 1.807) is 47.0 Å². The molecular formula is C29H20BrN7O2. The highest BCUT2D eigenvalue weighted by Gasteiger charge is 2.19. The Morgan fingerprint density at radius 2 is 1.82 bits per heavy atom. The van der Waals surface area contributed by atoms with Crippen LogP contribution in [0.4, 0.5) is 5.82 Å². The molecule has 0 aliphatic heterocycles. The Hall–Kier alpha value is -5.01. The number of phenolic OH excluding ortho intramolecular Hbond substituents is 1. The van der Waals surface area contributed by atoms with E-state index in [1.165, 1.54) is 6.33 Å². The molecule has 0 saturated heterocycles. The molecule has 0 radical (unpaired) electrons. The summed E-state index contributed by atoms with van der Waals surface area (Å²) in [6, 6.07) is 21.6. The minimum atomic E-state index is -0.205. The van der Waals surface area contributed by atoms with Gasteiger partial charge in [0.2, 0.25) is 0 Å².